The average Bonchev–Trinajstić information content (AvgIpc) is 3.24. The number of nitrogens with one attached hydrogen (secondary N) is 1. The van der Waals surface area contributed by atoms with Gasteiger partial charge < -0.3 is 9.47 Å². The van der Waals surface area contributed by atoms with Gasteiger partial charge in [0.15, 0.2) is 28.7 Å². The Labute approximate surface area is 184 Å². The number of H-pyrrole nitrogens is 1. The number of hydrogen-bond acceptors (Lipinski definition) is 6. The second-order valence-corrected chi connectivity index (χ2v) is 7.11. The predicted molar refractivity (Wildman–Crippen MR) is 100 cm³/mol. The molecule has 1 amide bonds. The van der Waals surface area contributed by atoms with Crippen molar-refractivity contribution in [2.24, 2.45) is 0 Å². The Bertz CT molecular complexity index is 1220. The molecule has 0 fully saturated rings. The van der Waals surface area contributed by atoms with Gasteiger partial charge in [-0.2, -0.15) is 18.3 Å². The van der Waals surface area contributed by atoms with E-state index in [0.29, 0.717) is 0 Å². The fourth-order valence-corrected chi connectivity index (χ4v) is 3.25. The molecular formula is C17H8Cl2F5N5O3. The SMILES string of the molecule is CN(C(=O)c1n[nH]c(C(F)(F)F)c1Cl)c1cnc(-c2cc3c(cc2Cl)OC(F)(F)O3)cn1. The summed E-state index contributed by atoms with van der Waals surface area (Å²) in [6.45, 7) is 0. The van der Waals surface area contributed by atoms with E-state index in [4.69, 9.17) is 23.2 Å². The van der Waals surface area contributed by atoms with Crippen molar-refractivity contribution in [1.82, 2.24) is 20.2 Å². The zero-order chi connectivity index (χ0) is 23.4. The van der Waals surface area contributed by atoms with Gasteiger partial charge in [0.25, 0.3) is 5.91 Å². The number of fused-ring (bicyclic) bond motifs is 1. The summed E-state index contributed by atoms with van der Waals surface area (Å²) in [6.07, 6.45) is -6.36. The summed E-state index contributed by atoms with van der Waals surface area (Å²) in [5.74, 6) is -1.56. The largest absolute Gasteiger partial charge is 0.586 e. The van der Waals surface area contributed by atoms with Crippen molar-refractivity contribution in [2.45, 2.75) is 12.5 Å². The molecule has 1 aromatic carbocycles. The maximum atomic E-state index is 13.2. The highest BCUT2D eigenvalue weighted by Gasteiger charge is 2.44. The zero-order valence-corrected chi connectivity index (χ0v) is 17.0. The summed E-state index contributed by atoms with van der Waals surface area (Å²) < 4.78 is 73.7. The van der Waals surface area contributed by atoms with Crippen molar-refractivity contribution in [3.63, 3.8) is 0 Å². The minimum absolute atomic E-state index is 0.0134. The molecule has 0 bridgehead atoms. The van der Waals surface area contributed by atoms with Gasteiger partial charge in [0.05, 0.1) is 23.1 Å². The molecule has 1 N–H and O–H groups in total. The Hall–Kier alpha value is -3.19. The third-order valence-electron chi connectivity index (χ3n) is 4.25. The second-order valence-electron chi connectivity index (χ2n) is 6.33. The fraction of sp³-hybridized carbons (Fsp3) is 0.176. The third kappa shape index (κ3) is 3.88. The molecule has 2 aromatic heterocycles. The monoisotopic (exact) mass is 495 g/mol. The van der Waals surface area contributed by atoms with Gasteiger partial charge in [-0.3, -0.25) is 19.8 Å². The van der Waals surface area contributed by atoms with E-state index in [2.05, 4.69) is 24.5 Å². The first-order valence-corrected chi connectivity index (χ1v) is 9.14. The summed E-state index contributed by atoms with van der Waals surface area (Å²) in [5.41, 5.74) is -1.70. The van der Waals surface area contributed by atoms with Crippen molar-refractivity contribution in [3.05, 3.63) is 46.0 Å². The van der Waals surface area contributed by atoms with Crippen LogP contribution in [0.15, 0.2) is 24.5 Å². The van der Waals surface area contributed by atoms with Crippen LogP contribution in [0.2, 0.25) is 10.0 Å². The van der Waals surface area contributed by atoms with E-state index in [1.54, 1.807) is 5.10 Å². The summed E-state index contributed by atoms with van der Waals surface area (Å²) in [4.78, 5) is 21.5. The van der Waals surface area contributed by atoms with Crippen LogP contribution in [0.1, 0.15) is 16.2 Å². The Kier molecular flexibility index (Phi) is 5.12. The lowest BCUT2D eigenvalue weighted by molar-refractivity contribution is -0.286. The number of carbonyl (C=O) groups excluding carboxylic acids is 1. The quantitative estimate of drug-likeness (QED) is 0.525. The van der Waals surface area contributed by atoms with Crippen LogP contribution in [-0.4, -0.2) is 39.4 Å². The first-order valence-electron chi connectivity index (χ1n) is 8.38. The Morgan fingerprint density at radius 3 is 2.34 bits per heavy atom. The molecule has 0 saturated heterocycles. The summed E-state index contributed by atoms with van der Waals surface area (Å²) >= 11 is 11.7. The van der Waals surface area contributed by atoms with E-state index in [1.807, 2.05) is 0 Å². The lowest BCUT2D eigenvalue weighted by atomic mass is 10.1. The van der Waals surface area contributed by atoms with Crippen LogP contribution < -0.4 is 14.4 Å². The Balaban J connectivity index is 1.59. The van der Waals surface area contributed by atoms with Gasteiger partial charge in [-0.05, 0) is 6.07 Å². The van der Waals surface area contributed by atoms with Crippen molar-refractivity contribution in [3.8, 4) is 22.8 Å². The van der Waals surface area contributed by atoms with E-state index < -0.39 is 34.8 Å². The highest BCUT2D eigenvalue weighted by molar-refractivity contribution is 6.35. The molecule has 3 heterocycles. The number of carbonyl (C=O) groups is 1. The normalized spacial score (nSPS) is 14.5. The van der Waals surface area contributed by atoms with Crippen LogP contribution >= 0.6 is 23.2 Å². The van der Waals surface area contributed by atoms with Gasteiger partial charge in [-0.1, -0.05) is 23.2 Å². The number of halogens is 7. The van der Waals surface area contributed by atoms with Crippen LogP contribution in [0.5, 0.6) is 11.5 Å². The topological polar surface area (TPSA) is 93.2 Å². The van der Waals surface area contributed by atoms with Crippen LogP contribution in [0.3, 0.4) is 0 Å². The first-order chi connectivity index (χ1) is 14.9. The second kappa shape index (κ2) is 7.45. The zero-order valence-electron chi connectivity index (χ0n) is 15.5. The molecule has 0 saturated carbocycles. The van der Waals surface area contributed by atoms with Gasteiger partial charge in [0.2, 0.25) is 0 Å². The van der Waals surface area contributed by atoms with Gasteiger partial charge in [-0.25, -0.2) is 4.98 Å². The number of nitrogens with zero attached hydrogens (tertiary/aromatic N) is 4. The Morgan fingerprint density at radius 2 is 1.78 bits per heavy atom. The molecule has 32 heavy (non-hydrogen) atoms. The maximum absolute atomic E-state index is 13.2. The molecule has 3 aromatic rings. The van der Waals surface area contributed by atoms with Crippen molar-refractivity contribution in [1.29, 1.82) is 0 Å². The average molecular weight is 496 g/mol. The van der Waals surface area contributed by atoms with Crippen molar-refractivity contribution < 1.29 is 36.2 Å². The van der Waals surface area contributed by atoms with Gasteiger partial charge >= 0.3 is 12.5 Å². The summed E-state index contributed by atoms with van der Waals surface area (Å²) in [6, 6.07) is 2.30. The number of alkyl halides is 5. The molecule has 15 heteroatoms. The van der Waals surface area contributed by atoms with Crippen molar-refractivity contribution >= 4 is 34.9 Å². The van der Waals surface area contributed by atoms with Crippen LogP contribution in [-0.2, 0) is 6.18 Å². The number of aromatic nitrogens is 4. The smallest absolute Gasteiger partial charge is 0.395 e. The molecule has 0 radical (unpaired) electrons. The summed E-state index contributed by atoms with van der Waals surface area (Å²) in [7, 11) is 1.22. The fourth-order valence-electron chi connectivity index (χ4n) is 2.72. The van der Waals surface area contributed by atoms with E-state index in [9.17, 15) is 26.7 Å². The molecule has 0 spiro atoms. The molecule has 168 valence electrons. The molecule has 4 rings (SSSR count). The number of benzene rings is 1. The molecular weight excluding hydrogens is 488 g/mol. The molecule has 8 nitrogen and oxygen atoms in total. The van der Waals surface area contributed by atoms with E-state index in [1.165, 1.54) is 19.3 Å². The third-order valence-corrected chi connectivity index (χ3v) is 4.93. The van der Waals surface area contributed by atoms with Crippen LogP contribution in [0.4, 0.5) is 27.8 Å². The predicted octanol–water partition coefficient (Wildman–Crippen LogP) is 4.79. The lowest BCUT2D eigenvalue weighted by Gasteiger charge is -2.15. The van der Waals surface area contributed by atoms with Gasteiger partial charge in [0, 0.05) is 18.7 Å². The maximum Gasteiger partial charge on any atom is 0.586 e. The lowest BCUT2D eigenvalue weighted by Crippen LogP contribution is -2.28. The number of rotatable bonds is 3. The molecule has 0 aliphatic carbocycles. The standard InChI is InChI=1S/C17H8Cl2F5N5O3/c1-29(15(30)13-12(19)14(28-27-13)16(20,21)22)11-5-25-8(4-26-11)6-2-9-10(3-7(6)18)32-17(23,24)31-9/h2-5H,1H3,(H,27,28). The van der Waals surface area contributed by atoms with E-state index in [-0.39, 0.29) is 33.6 Å². The van der Waals surface area contributed by atoms with E-state index in [0.717, 1.165) is 17.2 Å². The highest BCUT2D eigenvalue weighted by Crippen LogP contribution is 2.45. The van der Waals surface area contributed by atoms with E-state index >= 15 is 0 Å². The summed E-state index contributed by atoms with van der Waals surface area (Å²) in [5, 5.41) is 4.14. The minimum atomic E-state index is -4.82. The number of ether oxygens (including phenoxy) is 2. The molecule has 0 atom stereocenters. The minimum Gasteiger partial charge on any atom is -0.395 e. The Morgan fingerprint density at radius 1 is 1.12 bits per heavy atom. The molecule has 1 aliphatic heterocycles. The number of aromatic amines is 1. The van der Waals surface area contributed by atoms with Crippen LogP contribution in [0, 0.1) is 0 Å². The van der Waals surface area contributed by atoms with Gasteiger partial charge in [-0.15, -0.1) is 8.78 Å². The number of hydrogen-bond donors (Lipinski definition) is 1. The highest BCUT2D eigenvalue weighted by atomic mass is 35.5. The van der Waals surface area contributed by atoms with Gasteiger partial charge in [0.1, 0.15) is 5.02 Å². The van der Waals surface area contributed by atoms with Crippen molar-refractivity contribution in [2.75, 3.05) is 11.9 Å². The molecule has 0 unspecified atom stereocenters. The number of anilines is 1. The first kappa shape index (κ1) is 22.0. The number of amides is 1. The molecule has 1 aliphatic rings. The van der Waals surface area contributed by atoms with Crippen LogP contribution in [0.25, 0.3) is 11.3 Å².